The Morgan fingerprint density at radius 3 is 2.75 bits per heavy atom. The van der Waals surface area contributed by atoms with Crippen molar-refractivity contribution in [3.8, 4) is 0 Å². The summed E-state index contributed by atoms with van der Waals surface area (Å²) < 4.78 is 1.81. The van der Waals surface area contributed by atoms with Crippen molar-refractivity contribution in [1.29, 1.82) is 0 Å². The van der Waals surface area contributed by atoms with Gasteiger partial charge in [0.1, 0.15) is 0 Å². The van der Waals surface area contributed by atoms with E-state index < -0.39 is 5.97 Å². The minimum absolute atomic E-state index is 0.547. The van der Waals surface area contributed by atoms with Gasteiger partial charge in [-0.2, -0.15) is 5.10 Å². The Morgan fingerprint density at radius 2 is 2.10 bits per heavy atom. The first-order chi connectivity index (χ1) is 9.49. The van der Waals surface area contributed by atoms with Crippen molar-refractivity contribution in [2.75, 3.05) is 0 Å². The van der Waals surface area contributed by atoms with Crippen molar-refractivity contribution in [3.63, 3.8) is 0 Å². The molecule has 0 aliphatic heterocycles. The van der Waals surface area contributed by atoms with Crippen molar-refractivity contribution in [2.24, 2.45) is 0 Å². The topological polar surface area (TPSA) is 58.0 Å². The van der Waals surface area contributed by atoms with Gasteiger partial charge in [-0.3, -0.25) is 4.68 Å². The van der Waals surface area contributed by atoms with Crippen LogP contribution in [0.5, 0.6) is 0 Å². The number of halogens is 1. The Hall–Kier alpha value is -2.07. The molecule has 0 amide bonds. The van der Waals surface area contributed by atoms with Gasteiger partial charge in [-0.05, 0) is 37.6 Å². The van der Waals surface area contributed by atoms with E-state index in [1.165, 1.54) is 6.08 Å². The van der Waals surface area contributed by atoms with E-state index in [-0.39, 0.29) is 0 Å². The molecule has 1 heterocycles. The Balaban J connectivity index is 2.33. The van der Waals surface area contributed by atoms with Gasteiger partial charge in [0.25, 0.3) is 0 Å². The van der Waals surface area contributed by atoms with E-state index in [9.17, 15) is 9.90 Å². The Kier molecular flexibility index (Phi) is 4.25. The minimum atomic E-state index is -1.22. The molecule has 5 heteroatoms. The van der Waals surface area contributed by atoms with E-state index in [0.29, 0.717) is 11.6 Å². The summed E-state index contributed by atoms with van der Waals surface area (Å²) in [6.45, 7) is 4.28. The van der Waals surface area contributed by atoms with Gasteiger partial charge in [0, 0.05) is 16.3 Å². The van der Waals surface area contributed by atoms with Crippen LogP contribution in [-0.4, -0.2) is 15.7 Å². The van der Waals surface area contributed by atoms with Gasteiger partial charge < -0.3 is 9.90 Å². The monoisotopic (exact) mass is 289 g/mol. The number of carbonyl (C=O) groups excluding carboxylic acids is 1. The maximum atomic E-state index is 10.5. The lowest BCUT2D eigenvalue weighted by Crippen LogP contribution is -2.18. The highest BCUT2D eigenvalue weighted by molar-refractivity contribution is 6.31. The van der Waals surface area contributed by atoms with Crippen LogP contribution >= 0.6 is 11.6 Å². The summed E-state index contributed by atoms with van der Waals surface area (Å²) >= 11 is 6.13. The predicted molar refractivity (Wildman–Crippen MR) is 76.3 cm³/mol. The quantitative estimate of drug-likeness (QED) is 0.809. The molecule has 0 saturated carbocycles. The summed E-state index contributed by atoms with van der Waals surface area (Å²) in [6, 6.07) is 7.57. The molecule has 0 aliphatic carbocycles. The van der Waals surface area contributed by atoms with Crippen LogP contribution in [0.25, 0.3) is 6.08 Å². The maximum Gasteiger partial charge on any atom is 0.0677 e. The molecular formula is C15H14ClN2O2-. The zero-order valence-electron chi connectivity index (χ0n) is 11.3. The van der Waals surface area contributed by atoms with Gasteiger partial charge in [0.15, 0.2) is 0 Å². The number of aromatic nitrogens is 2. The SMILES string of the molecule is Cc1nn(Cc2ccccc2Cl)c(C)c1/C=C/C(=O)[O-]. The second-order valence-corrected chi connectivity index (χ2v) is 4.89. The number of hydrogen-bond donors (Lipinski definition) is 0. The molecule has 0 bridgehead atoms. The number of aliphatic carboxylic acids is 1. The number of hydrogen-bond acceptors (Lipinski definition) is 3. The molecule has 1 aromatic carbocycles. The highest BCUT2D eigenvalue weighted by atomic mass is 35.5. The summed E-state index contributed by atoms with van der Waals surface area (Å²) in [7, 11) is 0. The average molecular weight is 290 g/mol. The molecule has 104 valence electrons. The van der Waals surface area contributed by atoms with Gasteiger partial charge in [-0.25, -0.2) is 0 Å². The van der Waals surface area contributed by atoms with E-state index in [1.54, 1.807) is 0 Å². The molecule has 0 saturated heterocycles. The third-order valence-corrected chi connectivity index (χ3v) is 3.47. The molecule has 20 heavy (non-hydrogen) atoms. The van der Waals surface area contributed by atoms with Gasteiger partial charge in [-0.15, -0.1) is 0 Å². The first kappa shape index (κ1) is 14.3. The number of rotatable bonds is 4. The lowest BCUT2D eigenvalue weighted by Gasteiger charge is -2.06. The van der Waals surface area contributed by atoms with Crippen molar-refractivity contribution in [3.05, 3.63) is 57.9 Å². The largest absolute Gasteiger partial charge is 0.545 e. The van der Waals surface area contributed by atoms with Crippen LogP contribution in [0.4, 0.5) is 0 Å². The van der Waals surface area contributed by atoms with Crippen LogP contribution in [0.1, 0.15) is 22.5 Å². The van der Waals surface area contributed by atoms with Gasteiger partial charge in [0.05, 0.1) is 18.2 Å². The van der Waals surface area contributed by atoms with Crippen molar-refractivity contribution >= 4 is 23.6 Å². The number of nitrogens with zero attached hydrogens (tertiary/aromatic N) is 2. The lowest BCUT2D eigenvalue weighted by atomic mass is 10.2. The first-order valence-electron chi connectivity index (χ1n) is 6.15. The molecule has 0 unspecified atom stereocenters. The molecule has 4 nitrogen and oxygen atoms in total. The highest BCUT2D eigenvalue weighted by Crippen LogP contribution is 2.20. The van der Waals surface area contributed by atoms with E-state index >= 15 is 0 Å². The number of benzene rings is 1. The van der Waals surface area contributed by atoms with Crippen LogP contribution in [0.3, 0.4) is 0 Å². The fourth-order valence-electron chi connectivity index (χ4n) is 2.05. The number of carboxylic acid groups (broad SMARTS) is 1. The minimum Gasteiger partial charge on any atom is -0.545 e. The lowest BCUT2D eigenvalue weighted by molar-refractivity contribution is -0.297. The standard InChI is InChI=1S/C15H15ClN2O2/c1-10-13(7-8-15(19)20)11(2)18(17-10)9-12-5-3-4-6-14(12)16/h3-8H,9H2,1-2H3,(H,19,20)/p-1/b8-7+. The summed E-state index contributed by atoms with van der Waals surface area (Å²) in [5.74, 6) is -1.22. The zero-order valence-corrected chi connectivity index (χ0v) is 12.0. The van der Waals surface area contributed by atoms with Gasteiger partial charge in [0.2, 0.25) is 0 Å². The molecule has 2 aromatic rings. The smallest absolute Gasteiger partial charge is 0.0677 e. The number of carbonyl (C=O) groups is 1. The normalized spacial score (nSPS) is 11.2. The van der Waals surface area contributed by atoms with Crippen LogP contribution in [0.15, 0.2) is 30.3 Å². The summed E-state index contributed by atoms with van der Waals surface area (Å²) in [5.41, 5.74) is 3.42. The van der Waals surface area contributed by atoms with Crippen LogP contribution < -0.4 is 5.11 Å². The summed E-state index contributed by atoms with van der Waals surface area (Å²) in [6.07, 6.45) is 2.52. The van der Waals surface area contributed by atoms with E-state index in [0.717, 1.165) is 28.6 Å². The molecule has 1 aromatic heterocycles. The molecule has 0 fully saturated rings. The number of carboxylic acids is 1. The second kappa shape index (κ2) is 5.92. The van der Waals surface area contributed by atoms with Crippen molar-refractivity contribution in [2.45, 2.75) is 20.4 Å². The molecule has 0 aliphatic rings. The molecule has 2 rings (SSSR count). The predicted octanol–water partition coefficient (Wildman–Crippen LogP) is 1.96. The van der Waals surface area contributed by atoms with Crippen LogP contribution in [-0.2, 0) is 11.3 Å². The summed E-state index contributed by atoms with van der Waals surface area (Å²) in [4.78, 5) is 10.5. The molecule has 0 spiro atoms. The molecule has 0 atom stereocenters. The van der Waals surface area contributed by atoms with Gasteiger partial charge in [-0.1, -0.05) is 29.8 Å². The van der Waals surface area contributed by atoms with E-state index in [4.69, 9.17) is 11.6 Å². The van der Waals surface area contributed by atoms with Crippen molar-refractivity contribution in [1.82, 2.24) is 9.78 Å². The third-order valence-electron chi connectivity index (χ3n) is 3.10. The zero-order chi connectivity index (χ0) is 14.7. The Labute approximate surface area is 122 Å². The second-order valence-electron chi connectivity index (χ2n) is 4.49. The molecule has 0 radical (unpaired) electrons. The average Bonchev–Trinajstić information content (AvgIpc) is 2.65. The summed E-state index contributed by atoms with van der Waals surface area (Å²) in [5, 5.41) is 15.6. The van der Waals surface area contributed by atoms with E-state index in [2.05, 4.69) is 5.10 Å². The first-order valence-corrected chi connectivity index (χ1v) is 6.53. The molecule has 0 N–H and O–H groups in total. The van der Waals surface area contributed by atoms with E-state index in [1.807, 2.05) is 42.8 Å². The maximum absolute atomic E-state index is 10.5. The highest BCUT2D eigenvalue weighted by Gasteiger charge is 2.10. The third kappa shape index (κ3) is 3.08. The fraction of sp³-hybridized carbons (Fsp3) is 0.200. The van der Waals surface area contributed by atoms with Crippen molar-refractivity contribution < 1.29 is 9.90 Å². The number of aryl methyl sites for hydroxylation is 1. The van der Waals surface area contributed by atoms with Gasteiger partial charge >= 0.3 is 0 Å². The Morgan fingerprint density at radius 1 is 1.40 bits per heavy atom. The van der Waals surface area contributed by atoms with Crippen LogP contribution in [0.2, 0.25) is 5.02 Å². The Bertz CT molecular complexity index is 675. The van der Waals surface area contributed by atoms with Crippen LogP contribution in [0, 0.1) is 13.8 Å². The molecular weight excluding hydrogens is 276 g/mol. The fourth-order valence-corrected chi connectivity index (χ4v) is 2.24.